The Morgan fingerprint density at radius 3 is 2.22 bits per heavy atom. The van der Waals surface area contributed by atoms with Gasteiger partial charge in [0.1, 0.15) is 15.8 Å². The van der Waals surface area contributed by atoms with Crippen molar-refractivity contribution in [2.24, 2.45) is 11.8 Å². The van der Waals surface area contributed by atoms with E-state index in [2.05, 4.69) is 48.3 Å². The van der Waals surface area contributed by atoms with Gasteiger partial charge in [-0.2, -0.15) is 0 Å². The predicted molar refractivity (Wildman–Crippen MR) is 138 cm³/mol. The molecule has 0 amide bonds. The molecule has 2 aromatic rings. The number of aryl methyl sites for hydroxylation is 1. The third-order valence-corrected chi connectivity index (χ3v) is 8.08. The van der Waals surface area contributed by atoms with Gasteiger partial charge in [-0.05, 0) is 55.4 Å². The van der Waals surface area contributed by atoms with Crippen molar-refractivity contribution >= 4 is 11.3 Å². The maximum absolute atomic E-state index is 6.07. The highest BCUT2D eigenvalue weighted by atomic mass is 32.1. The highest BCUT2D eigenvalue weighted by Crippen LogP contribution is 2.36. The zero-order chi connectivity index (χ0) is 22.4. The first-order valence-electron chi connectivity index (χ1n) is 13.4. The van der Waals surface area contributed by atoms with Crippen molar-refractivity contribution in [2.45, 2.75) is 110 Å². The molecule has 0 spiro atoms. The first-order chi connectivity index (χ1) is 15.8. The van der Waals surface area contributed by atoms with Crippen molar-refractivity contribution in [1.82, 2.24) is 10.2 Å². The second kappa shape index (κ2) is 14.7. The van der Waals surface area contributed by atoms with Gasteiger partial charge in [0, 0.05) is 12.0 Å². The van der Waals surface area contributed by atoms with Crippen molar-refractivity contribution in [3.63, 3.8) is 0 Å². The summed E-state index contributed by atoms with van der Waals surface area (Å²) < 4.78 is 6.07. The molecule has 0 radical (unpaired) electrons. The summed E-state index contributed by atoms with van der Waals surface area (Å²) in [7, 11) is 0. The number of hydrogen-bond donors (Lipinski definition) is 0. The summed E-state index contributed by atoms with van der Waals surface area (Å²) in [6, 6.07) is 8.43. The van der Waals surface area contributed by atoms with Crippen LogP contribution in [0.4, 0.5) is 0 Å². The Labute approximate surface area is 200 Å². The topological polar surface area (TPSA) is 35.0 Å². The average Bonchev–Trinajstić information content (AvgIpc) is 3.30. The Morgan fingerprint density at radius 2 is 1.50 bits per heavy atom. The highest BCUT2D eigenvalue weighted by Gasteiger charge is 2.24. The second-order valence-corrected chi connectivity index (χ2v) is 10.7. The van der Waals surface area contributed by atoms with Crippen LogP contribution in [-0.2, 0) is 6.42 Å². The van der Waals surface area contributed by atoms with Crippen LogP contribution in [0, 0.1) is 11.8 Å². The zero-order valence-corrected chi connectivity index (χ0v) is 21.3. The number of aromatic nitrogens is 2. The molecule has 2 unspecified atom stereocenters. The first-order valence-corrected chi connectivity index (χ1v) is 14.2. The lowest BCUT2D eigenvalue weighted by atomic mass is 9.74. The van der Waals surface area contributed by atoms with Crippen LogP contribution in [0.3, 0.4) is 0 Å². The maximum Gasteiger partial charge on any atom is 0.147 e. The van der Waals surface area contributed by atoms with Crippen LogP contribution in [0.1, 0.15) is 109 Å². The van der Waals surface area contributed by atoms with Crippen molar-refractivity contribution < 1.29 is 4.74 Å². The normalized spacial score (nSPS) is 18.7. The van der Waals surface area contributed by atoms with Gasteiger partial charge in [0.05, 0.1) is 6.61 Å². The standard InChI is InChI=1S/C28H44N2OS/c1-3-5-7-9-17-27-29-30-28(32-27)25-18-20-26(21-19-25)31-22-12-16-24-15-11-10-14-23(24)13-8-6-4-2/h18-21,23-24H,3-17,22H2,1-2H3. The Balaban J connectivity index is 1.38. The van der Waals surface area contributed by atoms with Gasteiger partial charge in [0.15, 0.2) is 0 Å². The fourth-order valence-electron chi connectivity index (χ4n) is 5.10. The zero-order valence-electron chi connectivity index (χ0n) is 20.5. The molecule has 3 rings (SSSR count). The summed E-state index contributed by atoms with van der Waals surface area (Å²) in [4.78, 5) is 0. The predicted octanol–water partition coefficient (Wildman–Crippen LogP) is 8.87. The maximum atomic E-state index is 6.07. The average molecular weight is 457 g/mol. The molecule has 1 aromatic heterocycles. The molecule has 0 aliphatic heterocycles. The van der Waals surface area contributed by atoms with Crippen LogP contribution in [0.5, 0.6) is 5.75 Å². The molecular formula is C28H44N2OS. The summed E-state index contributed by atoms with van der Waals surface area (Å²) in [5.74, 6) is 2.87. The smallest absolute Gasteiger partial charge is 0.147 e. The SMILES string of the molecule is CCCCCCc1nnc(-c2ccc(OCCCC3CCCCC3CCCCC)cc2)s1. The van der Waals surface area contributed by atoms with Crippen molar-refractivity contribution in [3.8, 4) is 16.3 Å². The van der Waals surface area contributed by atoms with E-state index < -0.39 is 0 Å². The van der Waals surface area contributed by atoms with Crippen LogP contribution in [0.2, 0.25) is 0 Å². The Bertz CT molecular complexity index is 742. The van der Waals surface area contributed by atoms with E-state index in [4.69, 9.17) is 4.74 Å². The van der Waals surface area contributed by atoms with E-state index in [1.165, 1.54) is 89.9 Å². The molecular weight excluding hydrogens is 412 g/mol. The van der Waals surface area contributed by atoms with Crippen LogP contribution < -0.4 is 4.74 Å². The number of unbranched alkanes of at least 4 members (excludes halogenated alkanes) is 5. The molecule has 1 saturated carbocycles. The van der Waals surface area contributed by atoms with Crippen LogP contribution in [0.15, 0.2) is 24.3 Å². The number of rotatable bonds is 15. The molecule has 1 fully saturated rings. The van der Waals surface area contributed by atoms with Crippen LogP contribution in [0.25, 0.3) is 10.6 Å². The van der Waals surface area contributed by atoms with E-state index >= 15 is 0 Å². The molecule has 0 N–H and O–H groups in total. The van der Waals surface area contributed by atoms with E-state index in [9.17, 15) is 0 Å². The minimum absolute atomic E-state index is 0.832. The van der Waals surface area contributed by atoms with Crippen molar-refractivity contribution in [2.75, 3.05) is 6.61 Å². The fraction of sp³-hybridized carbons (Fsp3) is 0.714. The van der Waals surface area contributed by atoms with E-state index in [0.29, 0.717) is 0 Å². The number of benzene rings is 1. The molecule has 1 heterocycles. The second-order valence-electron chi connectivity index (χ2n) is 9.63. The lowest BCUT2D eigenvalue weighted by Gasteiger charge is -2.31. The molecule has 2 atom stereocenters. The Kier molecular flexibility index (Phi) is 11.6. The summed E-state index contributed by atoms with van der Waals surface area (Å²) in [6.45, 7) is 5.39. The highest BCUT2D eigenvalue weighted by molar-refractivity contribution is 7.14. The molecule has 3 nitrogen and oxygen atoms in total. The summed E-state index contributed by atoms with van der Waals surface area (Å²) in [6.07, 6.45) is 20.1. The molecule has 32 heavy (non-hydrogen) atoms. The van der Waals surface area contributed by atoms with Gasteiger partial charge in [-0.15, -0.1) is 10.2 Å². The molecule has 1 aliphatic rings. The van der Waals surface area contributed by atoms with Crippen LogP contribution >= 0.6 is 11.3 Å². The minimum Gasteiger partial charge on any atom is -0.494 e. The van der Waals surface area contributed by atoms with E-state index in [1.807, 2.05) is 0 Å². The van der Waals surface area contributed by atoms with E-state index in [0.717, 1.165) is 46.2 Å². The first kappa shape index (κ1) is 25.2. The van der Waals surface area contributed by atoms with E-state index in [1.54, 1.807) is 11.3 Å². The van der Waals surface area contributed by atoms with Gasteiger partial charge in [0.2, 0.25) is 0 Å². The molecule has 1 aromatic carbocycles. The summed E-state index contributed by atoms with van der Waals surface area (Å²) in [5.41, 5.74) is 1.15. The van der Waals surface area contributed by atoms with Gasteiger partial charge in [0.25, 0.3) is 0 Å². The molecule has 4 heteroatoms. The molecule has 0 bridgehead atoms. The van der Waals surface area contributed by atoms with Gasteiger partial charge in [-0.3, -0.25) is 0 Å². The van der Waals surface area contributed by atoms with Gasteiger partial charge in [-0.25, -0.2) is 0 Å². The Hall–Kier alpha value is -1.42. The summed E-state index contributed by atoms with van der Waals surface area (Å²) >= 11 is 1.73. The Morgan fingerprint density at radius 1 is 0.812 bits per heavy atom. The quantitative estimate of drug-likeness (QED) is 0.251. The lowest BCUT2D eigenvalue weighted by molar-refractivity contribution is 0.190. The van der Waals surface area contributed by atoms with Gasteiger partial charge < -0.3 is 4.74 Å². The monoisotopic (exact) mass is 456 g/mol. The third-order valence-electron chi connectivity index (χ3n) is 7.05. The summed E-state index contributed by atoms with van der Waals surface area (Å²) in [5, 5.41) is 11.0. The van der Waals surface area contributed by atoms with E-state index in [-0.39, 0.29) is 0 Å². The van der Waals surface area contributed by atoms with Gasteiger partial charge in [-0.1, -0.05) is 95.8 Å². The number of hydrogen-bond acceptors (Lipinski definition) is 4. The van der Waals surface area contributed by atoms with Crippen LogP contribution in [-0.4, -0.2) is 16.8 Å². The largest absolute Gasteiger partial charge is 0.494 e. The van der Waals surface area contributed by atoms with Gasteiger partial charge >= 0.3 is 0 Å². The van der Waals surface area contributed by atoms with Crippen molar-refractivity contribution in [3.05, 3.63) is 29.3 Å². The third kappa shape index (κ3) is 8.50. The number of ether oxygens (including phenoxy) is 1. The minimum atomic E-state index is 0.832. The molecule has 0 saturated heterocycles. The molecule has 178 valence electrons. The number of nitrogens with zero attached hydrogens (tertiary/aromatic N) is 2. The van der Waals surface area contributed by atoms with Crippen molar-refractivity contribution in [1.29, 1.82) is 0 Å². The lowest BCUT2D eigenvalue weighted by Crippen LogP contribution is -2.20. The molecule has 1 aliphatic carbocycles. The fourth-order valence-corrected chi connectivity index (χ4v) is 5.99.